The highest BCUT2D eigenvalue weighted by Gasteiger charge is 2.35. The molecule has 1 aliphatic rings. The van der Waals surface area contributed by atoms with E-state index in [1.165, 1.54) is 11.0 Å². The molecule has 0 N–H and O–H groups in total. The predicted molar refractivity (Wildman–Crippen MR) is 131 cm³/mol. The molecule has 4 aromatic rings. The number of alkyl halides is 2. The molecule has 0 spiro atoms. The van der Waals surface area contributed by atoms with Gasteiger partial charge in [-0.1, -0.05) is 30.7 Å². The lowest BCUT2D eigenvalue weighted by molar-refractivity contribution is -0.0494. The van der Waals surface area contributed by atoms with Gasteiger partial charge in [0.2, 0.25) is 0 Å². The highest BCUT2D eigenvalue weighted by Crippen LogP contribution is 2.38. The number of hydrogen-bond acceptors (Lipinski definition) is 2. The molecule has 0 saturated carbocycles. The van der Waals surface area contributed by atoms with Gasteiger partial charge < -0.3 is 9.32 Å². The average Bonchev–Trinajstić information content (AvgIpc) is 3.29. The number of likely N-dealkylation sites (tertiary alicyclic amines) is 1. The number of rotatable bonds is 4. The third kappa shape index (κ3) is 4.60. The van der Waals surface area contributed by atoms with E-state index in [-0.39, 0.29) is 42.4 Å². The zero-order valence-corrected chi connectivity index (χ0v) is 20.1. The van der Waals surface area contributed by atoms with Crippen LogP contribution in [-0.4, -0.2) is 29.8 Å². The van der Waals surface area contributed by atoms with E-state index in [0.717, 1.165) is 22.6 Å². The SMILES string of the molecule is CCc1cc2cc(-c3ccc(C(=O)N4CCC(F)(F)CC4)cc3)cc(-c3cc(Cl)c(F)cc3F)c2o1. The first-order valence-electron chi connectivity index (χ1n) is 11.6. The van der Waals surface area contributed by atoms with Gasteiger partial charge in [0.15, 0.2) is 0 Å². The van der Waals surface area contributed by atoms with Crippen LogP contribution in [0, 0.1) is 11.6 Å². The number of fused-ring (bicyclic) bond motifs is 1. The first-order chi connectivity index (χ1) is 17.1. The van der Waals surface area contributed by atoms with Crippen molar-refractivity contribution in [2.24, 2.45) is 0 Å². The molecule has 2 heterocycles. The summed E-state index contributed by atoms with van der Waals surface area (Å²) in [5.74, 6) is -3.92. The topological polar surface area (TPSA) is 33.5 Å². The minimum Gasteiger partial charge on any atom is -0.460 e. The first-order valence-corrected chi connectivity index (χ1v) is 12.0. The average molecular weight is 516 g/mol. The lowest BCUT2D eigenvalue weighted by Gasteiger charge is -2.31. The summed E-state index contributed by atoms with van der Waals surface area (Å²) in [7, 11) is 0. The van der Waals surface area contributed by atoms with Crippen molar-refractivity contribution in [3.63, 3.8) is 0 Å². The molecule has 3 aromatic carbocycles. The van der Waals surface area contributed by atoms with Crippen molar-refractivity contribution in [3.05, 3.63) is 82.6 Å². The van der Waals surface area contributed by atoms with E-state index < -0.39 is 17.6 Å². The number of carbonyl (C=O) groups is 1. The fourth-order valence-corrected chi connectivity index (χ4v) is 4.66. The monoisotopic (exact) mass is 515 g/mol. The Morgan fingerprint density at radius 2 is 1.64 bits per heavy atom. The molecule has 5 rings (SSSR count). The van der Waals surface area contributed by atoms with Gasteiger partial charge in [0.1, 0.15) is 23.0 Å². The van der Waals surface area contributed by atoms with Crippen molar-refractivity contribution >= 4 is 28.5 Å². The van der Waals surface area contributed by atoms with E-state index in [4.69, 9.17) is 16.0 Å². The van der Waals surface area contributed by atoms with Crippen LogP contribution in [0.4, 0.5) is 17.6 Å². The van der Waals surface area contributed by atoms with Gasteiger partial charge in [0, 0.05) is 60.5 Å². The van der Waals surface area contributed by atoms with Crippen molar-refractivity contribution in [3.8, 4) is 22.3 Å². The van der Waals surface area contributed by atoms with E-state index >= 15 is 0 Å². The first kappa shape index (κ1) is 24.4. The molecule has 0 unspecified atom stereocenters. The second kappa shape index (κ2) is 9.28. The molecule has 186 valence electrons. The Morgan fingerprint density at radius 1 is 0.944 bits per heavy atom. The summed E-state index contributed by atoms with van der Waals surface area (Å²) in [6.45, 7) is 1.96. The van der Waals surface area contributed by atoms with Crippen LogP contribution in [0.3, 0.4) is 0 Å². The van der Waals surface area contributed by atoms with Gasteiger partial charge >= 0.3 is 0 Å². The standard InChI is InChI=1S/C28H22ClF4NO2/c1-2-20-12-19-11-18(13-22(26(19)36-20)21-14-23(29)25(31)15-24(21)30)16-3-5-17(6-4-16)27(35)34-9-7-28(32,33)8-10-34/h3-6,11-15H,2,7-10H2,1H3. The maximum Gasteiger partial charge on any atom is 0.253 e. The molecule has 8 heteroatoms. The Hall–Kier alpha value is -3.32. The number of nitrogens with zero attached hydrogens (tertiary/aromatic N) is 1. The van der Waals surface area contributed by atoms with Gasteiger partial charge in [0.25, 0.3) is 11.8 Å². The number of furan rings is 1. The Balaban J connectivity index is 1.52. The molecule has 1 fully saturated rings. The second-order valence-electron chi connectivity index (χ2n) is 8.98. The number of halogens is 5. The number of carbonyl (C=O) groups excluding carboxylic acids is 1. The van der Waals surface area contributed by atoms with Crippen LogP contribution in [0.15, 0.2) is 59.0 Å². The Labute approximate surface area is 210 Å². The summed E-state index contributed by atoms with van der Waals surface area (Å²) >= 11 is 5.95. The molecule has 1 amide bonds. The number of aryl methyl sites for hydroxylation is 1. The summed E-state index contributed by atoms with van der Waals surface area (Å²) in [5, 5.41) is 0.541. The molecule has 1 saturated heterocycles. The molecule has 1 aromatic heterocycles. The summed E-state index contributed by atoms with van der Waals surface area (Å²) < 4.78 is 61.4. The molecule has 0 aliphatic carbocycles. The molecule has 36 heavy (non-hydrogen) atoms. The highest BCUT2D eigenvalue weighted by molar-refractivity contribution is 6.31. The molecular formula is C28H22ClF4NO2. The van der Waals surface area contributed by atoms with Crippen LogP contribution in [-0.2, 0) is 6.42 Å². The molecular weight excluding hydrogens is 494 g/mol. The number of benzene rings is 3. The van der Waals surface area contributed by atoms with E-state index in [1.807, 2.05) is 19.1 Å². The molecule has 1 aliphatic heterocycles. The summed E-state index contributed by atoms with van der Waals surface area (Å²) in [6.07, 6.45) is -0.0442. The predicted octanol–water partition coefficient (Wildman–Crippen LogP) is 8.13. The molecule has 0 atom stereocenters. The van der Waals surface area contributed by atoms with Crippen LogP contribution in [0.5, 0.6) is 0 Å². The van der Waals surface area contributed by atoms with Gasteiger partial charge in [-0.3, -0.25) is 4.79 Å². The van der Waals surface area contributed by atoms with Crippen LogP contribution in [0.2, 0.25) is 5.02 Å². The fraction of sp³-hybridized carbons (Fsp3) is 0.250. The normalized spacial score (nSPS) is 15.4. The zero-order valence-electron chi connectivity index (χ0n) is 19.4. The molecule has 3 nitrogen and oxygen atoms in total. The second-order valence-corrected chi connectivity index (χ2v) is 9.39. The summed E-state index contributed by atoms with van der Waals surface area (Å²) in [6, 6.07) is 14.3. The minimum absolute atomic E-state index is 0.0135. The van der Waals surface area contributed by atoms with Crippen molar-refractivity contribution in [1.29, 1.82) is 0 Å². The van der Waals surface area contributed by atoms with Gasteiger partial charge in [-0.2, -0.15) is 0 Å². The third-order valence-corrected chi connectivity index (χ3v) is 6.85. The number of amides is 1. The summed E-state index contributed by atoms with van der Waals surface area (Å²) in [5.41, 5.74) is 2.89. The maximum atomic E-state index is 14.8. The van der Waals surface area contributed by atoms with Crippen LogP contribution >= 0.6 is 11.6 Å². The van der Waals surface area contributed by atoms with E-state index in [1.54, 1.807) is 30.3 Å². The van der Waals surface area contributed by atoms with Crippen LogP contribution < -0.4 is 0 Å². The summed E-state index contributed by atoms with van der Waals surface area (Å²) in [4.78, 5) is 14.2. The van der Waals surface area contributed by atoms with E-state index in [2.05, 4.69) is 0 Å². The Morgan fingerprint density at radius 3 is 2.31 bits per heavy atom. The van der Waals surface area contributed by atoms with Gasteiger partial charge in [-0.25, -0.2) is 17.6 Å². The van der Waals surface area contributed by atoms with Crippen molar-refractivity contribution in [1.82, 2.24) is 4.90 Å². The van der Waals surface area contributed by atoms with E-state index in [0.29, 0.717) is 28.9 Å². The van der Waals surface area contributed by atoms with Crippen LogP contribution in [0.25, 0.3) is 33.2 Å². The lowest BCUT2D eigenvalue weighted by Crippen LogP contribution is -2.42. The zero-order chi connectivity index (χ0) is 25.6. The third-order valence-electron chi connectivity index (χ3n) is 6.56. The van der Waals surface area contributed by atoms with Crippen molar-refractivity contribution in [2.75, 3.05) is 13.1 Å². The Kier molecular flexibility index (Phi) is 6.29. The molecule has 0 bridgehead atoms. The fourth-order valence-electron chi connectivity index (χ4n) is 4.50. The highest BCUT2D eigenvalue weighted by atomic mass is 35.5. The number of piperidine rings is 1. The van der Waals surface area contributed by atoms with Gasteiger partial charge in [-0.15, -0.1) is 0 Å². The van der Waals surface area contributed by atoms with Gasteiger partial charge in [-0.05, 0) is 47.5 Å². The van der Waals surface area contributed by atoms with Crippen LogP contribution in [0.1, 0.15) is 35.9 Å². The quantitative estimate of drug-likeness (QED) is 0.203. The van der Waals surface area contributed by atoms with Crippen molar-refractivity contribution < 1.29 is 26.8 Å². The lowest BCUT2D eigenvalue weighted by atomic mass is 9.95. The van der Waals surface area contributed by atoms with E-state index in [9.17, 15) is 22.4 Å². The number of hydrogen-bond donors (Lipinski definition) is 0. The van der Waals surface area contributed by atoms with Crippen molar-refractivity contribution in [2.45, 2.75) is 32.1 Å². The minimum atomic E-state index is -2.73. The molecule has 0 radical (unpaired) electrons. The smallest absolute Gasteiger partial charge is 0.253 e. The Bertz CT molecular complexity index is 1450. The largest absolute Gasteiger partial charge is 0.460 e. The maximum absolute atomic E-state index is 14.8. The van der Waals surface area contributed by atoms with Gasteiger partial charge in [0.05, 0.1) is 5.02 Å².